The van der Waals surface area contributed by atoms with Gasteiger partial charge in [-0.3, -0.25) is 0 Å². The van der Waals surface area contributed by atoms with E-state index in [9.17, 15) is 13.0 Å². The molecule has 0 aliphatic rings. The van der Waals surface area contributed by atoms with Crippen molar-refractivity contribution in [2.75, 3.05) is 12.8 Å². The van der Waals surface area contributed by atoms with Crippen LogP contribution in [0.3, 0.4) is 0 Å². The third-order valence-corrected chi connectivity index (χ3v) is 2.33. The number of nitrogens with two attached hydrogens (primary N) is 1. The van der Waals surface area contributed by atoms with Gasteiger partial charge in [-0.05, 0) is 12.1 Å². The fraction of sp³-hybridized carbons (Fsp3) is 0.143. The van der Waals surface area contributed by atoms with Gasteiger partial charge in [0.15, 0.2) is 0 Å². The second-order valence-electron chi connectivity index (χ2n) is 2.36. The van der Waals surface area contributed by atoms with Gasteiger partial charge in [-0.15, -0.1) is 0 Å². The second-order valence-corrected chi connectivity index (χ2v) is 3.71. The molecule has 1 aromatic rings. The SMILES string of the molecule is COc1cc(N)ccc1S(=O)(=O)[O-].[Li+]. The van der Waals surface area contributed by atoms with Crippen LogP contribution in [-0.4, -0.2) is 20.1 Å². The number of ether oxygens (including phenoxy) is 1. The number of hydrogen-bond donors (Lipinski definition) is 1. The van der Waals surface area contributed by atoms with Crippen LogP contribution in [0.25, 0.3) is 0 Å². The number of rotatable bonds is 2. The van der Waals surface area contributed by atoms with E-state index >= 15 is 0 Å². The fourth-order valence-corrected chi connectivity index (χ4v) is 1.51. The molecule has 0 aliphatic carbocycles. The summed E-state index contributed by atoms with van der Waals surface area (Å²) in [4.78, 5) is -0.399. The van der Waals surface area contributed by atoms with Gasteiger partial charge < -0.3 is 15.0 Å². The zero-order valence-electron chi connectivity index (χ0n) is 7.85. The standard InChI is InChI=1S/C7H9NO4S.Li/c1-12-6-4-5(8)2-3-7(6)13(9,10)11;/h2-4H,8H2,1H3,(H,9,10,11);/q;+1/p-1. The number of methoxy groups -OCH3 is 1. The summed E-state index contributed by atoms with van der Waals surface area (Å²) >= 11 is 0. The smallest absolute Gasteiger partial charge is 0.744 e. The van der Waals surface area contributed by atoms with E-state index in [2.05, 4.69) is 0 Å². The predicted octanol–water partition coefficient (Wildman–Crippen LogP) is -2.81. The van der Waals surface area contributed by atoms with Gasteiger partial charge in [0.1, 0.15) is 15.9 Å². The average Bonchev–Trinajstić information content (AvgIpc) is 2.01. The Morgan fingerprint density at radius 1 is 1.43 bits per heavy atom. The van der Waals surface area contributed by atoms with E-state index in [1.54, 1.807) is 0 Å². The van der Waals surface area contributed by atoms with E-state index in [4.69, 9.17) is 10.5 Å². The molecule has 0 amide bonds. The van der Waals surface area contributed by atoms with Crippen molar-refractivity contribution in [2.45, 2.75) is 4.90 Å². The van der Waals surface area contributed by atoms with Crippen molar-refractivity contribution >= 4 is 15.8 Å². The van der Waals surface area contributed by atoms with Gasteiger partial charge in [-0.1, -0.05) is 0 Å². The third kappa shape index (κ3) is 2.92. The maximum absolute atomic E-state index is 10.6. The molecule has 0 fully saturated rings. The fourth-order valence-electron chi connectivity index (χ4n) is 0.891. The molecule has 2 N–H and O–H groups in total. The van der Waals surface area contributed by atoms with Crippen LogP contribution in [0.15, 0.2) is 23.1 Å². The molecule has 72 valence electrons. The molecule has 0 unspecified atom stereocenters. The normalized spacial score (nSPS) is 10.4. The molecule has 7 heteroatoms. The average molecular weight is 209 g/mol. The molecule has 0 spiro atoms. The minimum atomic E-state index is -4.49. The summed E-state index contributed by atoms with van der Waals surface area (Å²) in [5, 5.41) is 0. The van der Waals surface area contributed by atoms with Crippen LogP contribution < -0.4 is 29.3 Å². The molecule has 0 radical (unpaired) electrons. The first-order valence-corrected chi connectivity index (χ1v) is 4.75. The Labute approximate surface area is 94.2 Å². The van der Waals surface area contributed by atoms with Gasteiger partial charge in [0.25, 0.3) is 0 Å². The molecule has 0 aromatic heterocycles. The number of nitrogen functional groups attached to an aromatic ring is 1. The number of hydrogen-bond acceptors (Lipinski definition) is 5. The van der Waals surface area contributed by atoms with E-state index in [1.807, 2.05) is 0 Å². The molecular weight excluding hydrogens is 201 g/mol. The van der Waals surface area contributed by atoms with E-state index < -0.39 is 15.0 Å². The van der Waals surface area contributed by atoms with Crippen molar-refractivity contribution in [3.05, 3.63) is 18.2 Å². The Morgan fingerprint density at radius 2 is 2.00 bits per heavy atom. The van der Waals surface area contributed by atoms with Crippen LogP contribution in [0.2, 0.25) is 0 Å². The topological polar surface area (TPSA) is 92.5 Å². The van der Waals surface area contributed by atoms with Crippen LogP contribution in [0.1, 0.15) is 0 Å². The van der Waals surface area contributed by atoms with Crippen molar-refractivity contribution in [2.24, 2.45) is 0 Å². The molecule has 0 aliphatic heterocycles. The van der Waals surface area contributed by atoms with Gasteiger partial charge in [0.2, 0.25) is 0 Å². The predicted molar refractivity (Wildman–Crippen MR) is 45.4 cm³/mol. The summed E-state index contributed by atoms with van der Waals surface area (Å²) in [6, 6.07) is 3.73. The quantitative estimate of drug-likeness (QED) is 0.322. The third-order valence-electron chi connectivity index (χ3n) is 1.46. The summed E-state index contributed by atoms with van der Waals surface area (Å²) in [5.41, 5.74) is 5.71. The van der Waals surface area contributed by atoms with Gasteiger partial charge in [-0.2, -0.15) is 0 Å². The van der Waals surface area contributed by atoms with Gasteiger partial charge in [-0.25, -0.2) is 8.42 Å². The summed E-state index contributed by atoms with van der Waals surface area (Å²) in [7, 11) is -3.23. The summed E-state index contributed by atoms with van der Waals surface area (Å²) in [6.45, 7) is 0. The summed E-state index contributed by atoms with van der Waals surface area (Å²) < 4.78 is 36.6. The van der Waals surface area contributed by atoms with Crippen molar-refractivity contribution in [1.29, 1.82) is 0 Å². The number of benzene rings is 1. The van der Waals surface area contributed by atoms with Crippen LogP contribution in [-0.2, 0) is 10.1 Å². The van der Waals surface area contributed by atoms with Gasteiger partial charge in [0.05, 0.1) is 12.0 Å². The van der Waals surface area contributed by atoms with Crippen LogP contribution >= 0.6 is 0 Å². The molecule has 5 nitrogen and oxygen atoms in total. The molecule has 1 aromatic carbocycles. The first kappa shape index (κ1) is 13.3. The first-order valence-electron chi connectivity index (χ1n) is 3.34. The molecule has 14 heavy (non-hydrogen) atoms. The molecule has 0 heterocycles. The second kappa shape index (κ2) is 4.71. The molecule has 1 rings (SSSR count). The number of anilines is 1. The Bertz CT molecular complexity index is 418. The molecule has 0 saturated carbocycles. The van der Waals surface area contributed by atoms with Crippen molar-refractivity contribution < 1.29 is 36.6 Å². The Balaban J connectivity index is 0.00000169. The van der Waals surface area contributed by atoms with E-state index in [-0.39, 0.29) is 24.6 Å². The van der Waals surface area contributed by atoms with Crippen molar-refractivity contribution in [3.63, 3.8) is 0 Å². The van der Waals surface area contributed by atoms with E-state index in [1.165, 1.54) is 19.2 Å². The summed E-state index contributed by atoms with van der Waals surface area (Å²) in [6.07, 6.45) is 0. The Kier molecular flexibility index (Phi) is 4.48. The maximum atomic E-state index is 10.6. The van der Waals surface area contributed by atoms with Crippen LogP contribution in [0, 0.1) is 0 Å². The van der Waals surface area contributed by atoms with Crippen LogP contribution in [0.5, 0.6) is 5.75 Å². The zero-order chi connectivity index (χ0) is 10.1. The van der Waals surface area contributed by atoms with Gasteiger partial charge >= 0.3 is 18.9 Å². The van der Waals surface area contributed by atoms with Gasteiger partial charge in [0, 0.05) is 11.8 Å². The minimum absolute atomic E-state index is 0. The first-order chi connectivity index (χ1) is 5.95. The Morgan fingerprint density at radius 3 is 2.43 bits per heavy atom. The minimum Gasteiger partial charge on any atom is -0.744 e. The van der Waals surface area contributed by atoms with Crippen molar-refractivity contribution in [3.8, 4) is 5.75 Å². The van der Waals surface area contributed by atoms with E-state index in [0.29, 0.717) is 5.69 Å². The molecule has 0 saturated heterocycles. The van der Waals surface area contributed by atoms with Crippen molar-refractivity contribution in [1.82, 2.24) is 0 Å². The largest absolute Gasteiger partial charge is 1.00 e. The Hall–Kier alpha value is -0.673. The molecule has 0 atom stereocenters. The van der Waals surface area contributed by atoms with Crippen LogP contribution in [0.4, 0.5) is 5.69 Å². The molecule has 0 bridgehead atoms. The van der Waals surface area contributed by atoms with E-state index in [0.717, 1.165) is 6.07 Å². The maximum Gasteiger partial charge on any atom is 1.00 e. The molecular formula is C7H8LiNO4S. The zero-order valence-corrected chi connectivity index (χ0v) is 8.67. The summed E-state index contributed by atoms with van der Waals surface area (Å²) in [5.74, 6) is -0.0324. The monoisotopic (exact) mass is 209 g/mol.